The number of anilines is 2. The third kappa shape index (κ3) is 3.95. The Balaban J connectivity index is 1.53. The van der Waals surface area contributed by atoms with Crippen LogP contribution in [0.2, 0.25) is 0 Å². The van der Waals surface area contributed by atoms with Gasteiger partial charge in [0.15, 0.2) is 18.1 Å². The fourth-order valence-electron chi connectivity index (χ4n) is 2.68. The third-order valence-electron chi connectivity index (χ3n) is 3.91. The highest BCUT2D eigenvalue weighted by molar-refractivity contribution is 5.91. The first kappa shape index (κ1) is 16.1. The number of nitrogens with zero attached hydrogens (tertiary/aromatic N) is 2. The van der Waals surface area contributed by atoms with Crippen LogP contribution in [-0.4, -0.2) is 37.7 Å². The highest BCUT2D eigenvalue weighted by Gasteiger charge is 2.13. The Kier molecular flexibility index (Phi) is 5.15. The van der Waals surface area contributed by atoms with Gasteiger partial charge >= 0.3 is 0 Å². The molecule has 0 spiro atoms. The van der Waals surface area contributed by atoms with Crippen LogP contribution < -0.4 is 19.7 Å². The summed E-state index contributed by atoms with van der Waals surface area (Å²) in [5.41, 5.74) is 1.09. The smallest absolute Gasteiger partial charge is 0.263 e. The lowest BCUT2D eigenvalue weighted by molar-refractivity contribution is -0.118. The minimum Gasteiger partial charge on any atom is -0.493 e. The number of hydrogen-bond acceptors (Lipinski definition) is 5. The molecule has 0 aliphatic carbocycles. The molecular formula is C18H21N3O3. The van der Waals surface area contributed by atoms with Gasteiger partial charge in [-0.3, -0.25) is 4.79 Å². The van der Waals surface area contributed by atoms with Crippen LogP contribution in [0, 0.1) is 0 Å². The first-order valence-electron chi connectivity index (χ1n) is 8.03. The van der Waals surface area contributed by atoms with Crippen LogP contribution in [0.3, 0.4) is 0 Å². The fourth-order valence-corrected chi connectivity index (χ4v) is 2.68. The minimum atomic E-state index is -0.262. The first-order valence-corrected chi connectivity index (χ1v) is 8.03. The minimum absolute atomic E-state index is 0.101. The van der Waals surface area contributed by atoms with Crippen molar-refractivity contribution >= 4 is 17.4 Å². The lowest BCUT2D eigenvalue weighted by Crippen LogP contribution is -2.21. The van der Waals surface area contributed by atoms with Crippen molar-refractivity contribution in [3.05, 3.63) is 42.6 Å². The SMILES string of the molecule is COc1ccccc1OCC(=O)Nc1ccc(N2CCCC2)cn1. The van der Waals surface area contributed by atoms with E-state index >= 15 is 0 Å². The summed E-state index contributed by atoms with van der Waals surface area (Å²) in [7, 11) is 1.56. The molecule has 0 saturated carbocycles. The molecule has 0 radical (unpaired) electrons. The molecule has 1 N–H and O–H groups in total. The predicted octanol–water partition coefficient (Wildman–Crippen LogP) is 2.71. The average Bonchev–Trinajstić information content (AvgIpc) is 3.15. The number of methoxy groups -OCH3 is 1. The Morgan fingerprint density at radius 3 is 2.58 bits per heavy atom. The molecule has 0 bridgehead atoms. The van der Waals surface area contributed by atoms with Crippen LogP contribution in [0.15, 0.2) is 42.6 Å². The molecule has 1 amide bonds. The van der Waals surface area contributed by atoms with Crippen molar-refractivity contribution in [3.8, 4) is 11.5 Å². The van der Waals surface area contributed by atoms with Crippen molar-refractivity contribution in [2.45, 2.75) is 12.8 Å². The fraction of sp³-hybridized carbons (Fsp3) is 0.333. The number of carbonyl (C=O) groups is 1. The van der Waals surface area contributed by atoms with Crippen molar-refractivity contribution in [1.29, 1.82) is 0 Å². The summed E-state index contributed by atoms with van der Waals surface area (Å²) in [5, 5.41) is 2.73. The number of nitrogens with one attached hydrogen (secondary N) is 1. The molecule has 3 rings (SSSR count). The summed E-state index contributed by atoms with van der Waals surface area (Å²) in [4.78, 5) is 18.6. The summed E-state index contributed by atoms with van der Waals surface area (Å²) in [5.74, 6) is 1.39. The first-order chi connectivity index (χ1) is 11.8. The Labute approximate surface area is 141 Å². The standard InChI is InChI=1S/C18H21N3O3/c1-23-15-6-2-3-7-16(15)24-13-18(22)20-17-9-8-14(12-19-17)21-10-4-5-11-21/h2-3,6-9,12H,4-5,10-11,13H2,1H3,(H,19,20,22). The van der Waals surface area contributed by atoms with E-state index in [-0.39, 0.29) is 12.5 Å². The molecule has 2 aromatic rings. The number of benzene rings is 1. The normalized spacial score (nSPS) is 13.6. The average molecular weight is 327 g/mol. The van der Waals surface area contributed by atoms with Crippen molar-refractivity contribution < 1.29 is 14.3 Å². The molecule has 24 heavy (non-hydrogen) atoms. The second-order valence-electron chi connectivity index (χ2n) is 5.58. The van der Waals surface area contributed by atoms with E-state index < -0.39 is 0 Å². The van der Waals surface area contributed by atoms with Crippen LogP contribution in [0.5, 0.6) is 11.5 Å². The number of aromatic nitrogens is 1. The number of carbonyl (C=O) groups excluding carboxylic acids is 1. The zero-order chi connectivity index (χ0) is 16.8. The maximum Gasteiger partial charge on any atom is 0.263 e. The van der Waals surface area contributed by atoms with Crippen LogP contribution in [0.4, 0.5) is 11.5 Å². The summed E-state index contributed by atoms with van der Waals surface area (Å²) < 4.78 is 10.7. The Morgan fingerprint density at radius 2 is 1.92 bits per heavy atom. The van der Waals surface area contributed by atoms with Crippen molar-refractivity contribution in [2.75, 3.05) is 37.0 Å². The van der Waals surface area contributed by atoms with Crippen molar-refractivity contribution in [3.63, 3.8) is 0 Å². The predicted molar refractivity (Wildman–Crippen MR) is 92.8 cm³/mol. The largest absolute Gasteiger partial charge is 0.493 e. The number of hydrogen-bond donors (Lipinski definition) is 1. The van der Waals surface area contributed by atoms with E-state index in [1.54, 1.807) is 25.4 Å². The van der Waals surface area contributed by atoms with E-state index in [0.717, 1.165) is 18.8 Å². The van der Waals surface area contributed by atoms with E-state index in [1.807, 2.05) is 24.3 Å². The second-order valence-corrected chi connectivity index (χ2v) is 5.58. The number of amides is 1. The van der Waals surface area contributed by atoms with Gasteiger partial charge in [-0.25, -0.2) is 4.98 Å². The van der Waals surface area contributed by atoms with Crippen LogP contribution in [0.1, 0.15) is 12.8 Å². The second kappa shape index (κ2) is 7.68. The Bertz CT molecular complexity index is 682. The topological polar surface area (TPSA) is 63.7 Å². The van der Waals surface area contributed by atoms with E-state index in [4.69, 9.17) is 9.47 Å². The molecule has 6 nitrogen and oxygen atoms in total. The maximum atomic E-state index is 12.0. The number of para-hydroxylation sites is 2. The van der Waals surface area contributed by atoms with Crippen LogP contribution in [0.25, 0.3) is 0 Å². The summed E-state index contributed by atoms with van der Waals surface area (Å²) in [6.45, 7) is 2.04. The van der Waals surface area contributed by atoms with Gasteiger partial charge in [-0.05, 0) is 37.1 Å². The molecule has 6 heteroatoms. The van der Waals surface area contributed by atoms with Gasteiger partial charge < -0.3 is 19.7 Å². The van der Waals surface area contributed by atoms with Crippen LogP contribution in [-0.2, 0) is 4.79 Å². The van der Waals surface area contributed by atoms with Gasteiger partial charge in [-0.15, -0.1) is 0 Å². The Morgan fingerprint density at radius 1 is 1.17 bits per heavy atom. The molecule has 126 valence electrons. The highest BCUT2D eigenvalue weighted by Crippen LogP contribution is 2.25. The zero-order valence-corrected chi connectivity index (χ0v) is 13.7. The lowest BCUT2D eigenvalue weighted by Gasteiger charge is -2.17. The highest BCUT2D eigenvalue weighted by atomic mass is 16.5. The maximum absolute atomic E-state index is 12.0. The van der Waals surface area contributed by atoms with E-state index in [2.05, 4.69) is 15.2 Å². The van der Waals surface area contributed by atoms with Gasteiger partial charge in [0.05, 0.1) is 19.0 Å². The van der Waals surface area contributed by atoms with Crippen molar-refractivity contribution in [2.24, 2.45) is 0 Å². The molecule has 2 heterocycles. The summed E-state index contributed by atoms with van der Waals surface area (Å²) >= 11 is 0. The van der Waals surface area contributed by atoms with E-state index in [1.165, 1.54) is 12.8 Å². The number of pyridine rings is 1. The molecule has 1 aromatic carbocycles. The number of ether oxygens (including phenoxy) is 2. The molecule has 1 aliphatic heterocycles. The molecular weight excluding hydrogens is 306 g/mol. The van der Waals surface area contributed by atoms with E-state index in [0.29, 0.717) is 17.3 Å². The van der Waals surface area contributed by atoms with Gasteiger partial charge in [-0.1, -0.05) is 12.1 Å². The molecule has 1 fully saturated rings. The van der Waals surface area contributed by atoms with Gasteiger partial charge in [0.25, 0.3) is 5.91 Å². The van der Waals surface area contributed by atoms with Gasteiger partial charge in [0, 0.05) is 13.1 Å². The van der Waals surface area contributed by atoms with E-state index in [9.17, 15) is 4.79 Å². The van der Waals surface area contributed by atoms with Crippen molar-refractivity contribution in [1.82, 2.24) is 4.98 Å². The molecule has 1 aliphatic rings. The van der Waals surface area contributed by atoms with Gasteiger partial charge in [0.2, 0.25) is 0 Å². The van der Waals surface area contributed by atoms with Gasteiger partial charge in [-0.2, -0.15) is 0 Å². The monoisotopic (exact) mass is 327 g/mol. The summed E-state index contributed by atoms with van der Waals surface area (Å²) in [6.07, 6.45) is 4.24. The third-order valence-corrected chi connectivity index (χ3v) is 3.91. The van der Waals surface area contributed by atoms with Gasteiger partial charge in [0.1, 0.15) is 5.82 Å². The lowest BCUT2D eigenvalue weighted by atomic mass is 10.3. The zero-order valence-electron chi connectivity index (χ0n) is 13.7. The molecule has 1 saturated heterocycles. The molecule has 0 unspecified atom stereocenters. The number of rotatable bonds is 6. The quantitative estimate of drug-likeness (QED) is 0.884. The summed E-state index contributed by atoms with van der Waals surface area (Å²) in [6, 6.07) is 11.0. The van der Waals surface area contributed by atoms with Crippen LogP contribution >= 0.6 is 0 Å². The molecule has 1 aromatic heterocycles. The molecule has 0 atom stereocenters. The Hall–Kier alpha value is -2.76.